The van der Waals surface area contributed by atoms with E-state index in [1.807, 2.05) is 24.3 Å². The molecule has 1 unspecified atom stereocenters. The van der Waals surface area contributed by atoms with E-state index in [1.165, 1.54) is 16.9 Å². The van der Waals surface area contributed by atoms with E-state index in [2.05, 4.69) is 6.58 Å². The summed E-state index contributed by atoms with van der Waals surface area (Å²) in [6, 6.07) is 6.51. The molecule has 0 N–H and O–H groups in total. The van der Waals surface area contributed by atoms with Gasteiger partial charge in [0.25, 0.3) is 0 Å². The van der Waals surface area contributed by atoms with Gasteiger partial charge in [-0.15, -0.1) is 6.58 Å². The number of carbonyl (C=O) groups is 3. The van der Waals surface area contributed by atoms with Crippen LogP contribution in [0.3, 0.4) is 0 Å². The molecule has 0 aromatic heterocycles. The molecule has 33 heavy (non-hydrogen) atoms. The van der Waals surface area contributed by atoms with Gasteiger partial charge in [0.1, 0.15) is 23.4 Å². The van der Waals surface area contributed by atoms with Crippen LogP contribution >= 0.6 is 0 Å². The first kappa shape index (κ1) is 24.6. The van der Waals surface area contributed by atoms with Crippen LogP contribution in [0.2, 0.25) is 0 Å². The molecule has 180 valence electrons. The average molecular weight is 459 g/mol. The maximum absolute atomic E-state index is 13.5. The summed E-state index contributed by atoms with van der Waals surface area (Å²) in [6.07, 6.45) is 0.281. The Morgan fingerprint density at radius 1 is 1.06 bits per heavy atom. The summed E-state index contributed by atoms with van der Waals surface area (Å²) < 4.78 is 16.5. The highest BCUT2D eigenvalue weighted by molar-refractivity contribution is 5.95. The predicted octanol–water partition coefficient (Wildman–Crippen LogP) is 4.76. The third kappa shape index (κ3) is 4.43. The van der Waals surface area contributed by atoms with Crippen molar-refractivity contribution in [2.75, 3.05) is 12.0 Å². The Balaban J connectivity index is 2.23. The fourth-order valence-electron chi connectivity index (χ4n) is 4.78. The van der Waals surface area contributed by atoms with Crippen LogP contribution in [0.5, 0.6) is 0 Å². The van der Waals surface area contributed by atoms with Gasteiger partial charge in [-0.2, -0.15) is 0 Å². The largest absolute Gasteiger partial charge is 0.467 e. The highest BCUT2D eigenvalue weighted by Crippen LogP contribution is 2.56. The summed E-state index contributed by atoms with van der Waals surface area (Å²) >= 11 is 0. The SMILES string of the molecule is C=CC[C@@]12CC(C(=O)OC)N(C(=O)OC(C)(C)C)[C@@H]1N(C(=O)OC(C)(C)C)c1ccccc12. The number of carbonyl (C=O) groups excluding carboxylic acids is 3. The van der Waals surface area contributed by atoms with Crippen molar-refractivity contribution >= 4 is 23.8 Å². The Bertz CT molecular complexity index is 960. The minimum atomic E-state index is -0.937. The third-order valence-corrected chi connectivity index (χ3v) is 5.77. The number of allylic oxidation sites excluding steroid dienone is 1. The lowest BCUT2D eigenvalue weighted by molar-refractivity contribution is -0.146. The first-order valence-electron chi connectivity index (χ1n) is 11.1. The van der Waals surface area contributed by atoms with Crippen LogP contribution in [0.15, 0.2) is 36.9 Å². The smallest absolute Gasteiger partial charge is 0.416 e. The number of benzene rings is 1. The number of rotatable bonds is 3. The molecule has 0 bridgehead atoms. The van der Waals surface area contributed by atoms with Gasteiger partial charge >= 0.3 is 18.2 Å². The number of anilines is 1. The molecule has 8 heteroatoms. The summed E-state index contributed by atoms with van der Waals surface area (Å²) in [5.74, 6) is -0.569. The molecule has 2 aliphatic heterocycles. The number of esters is 1. The van der Waals surface area contributed by atoms with E-state index < -0.39 is 47.0 Å². The van der Waals surface area contributed by atoms with Crippen LogP contribution in [-0.4, -0.2) is 53.6 Å². The summed E-state index contributed by atoms with van der Waals surface area (Å²) in [5.41, 5.74) is -0.849. The second kappa shape index (κ2) is 8.39. The van der Waals surface area contributed by atoms with Crippen molar-refractivity contribution in [3.8, 4) is 0 Å². The van der Waals surface area contributed by atoms with Gasteiger partial charge in [0, 0.05) is 5.41 Å². The molecule has 1 aromatic rings. The van der Waals surface area contributed by atoms with Crippen LogP contribution in [0, 0.1) is 0 Å². The molecule has 2 heterocycles. The lowest BCUT2D eigenvalue weighted by atomic mass is 9.75. The molecule has 0 aliphatic carbocycles. The molecule has 1 aromatic carbocycles. The van der Waals surface area contributed by atoms with Gasteiger partial charge in [0.05, 0.1) is 12.8 Å². The minimum Gasteiger partial charge on any atom is -0.467 e. The van der Waals surface area contributed by atoms with E-state index in [1.54, 1.807) is 47.6 Å². The van der Waals surface area contributed by atoms with E-state index in [0.29, 0.717) is 12.1 Å². The van der Waals surface area contributed by atoms with Crippen molar-refractivity contribution < 1.29 is 28.6 Å². The van der Waals surface area contributed by atoms with Gasteiger partial charge in [0.2, 0.25) is 0 Å². The summed E-state index contributed by atoms with van der Waals surface area (Å²) in [4.78, 5) is 42.6. The number of fused-ring (bicyclic) bond motifs is 3. The van der Waals surface area contributed by atoms with E-state index in [0.717, 1.165) is 5.56 Å². The Labute approximate surface area is 195 Å². The standard InChI is InChI=1S/C25H34N2O6/c1-9-14-25-15-18(19(28)31-8)27(22(30)33-24(5,6)7)20(25)26(21(29)32-23(2,3)4)17-13-11-10-12-16(17)25/h9-13,18,20H,1,14-15H2,2-8H3/t18?,20-,25-/m0/s1. The van der Waals surface area contributed by atoms with Crippen LogP contribution in [-0.2, 0) is 24.4 Å². The quantitative estimate of drug-likeness (QED) is 0.369. The monoisotopic (exact) mass is 458 g/mol. The number of likely N-dealkylation sites (tertiary alicyclic amines) is 1. The molecule has 3 atom stereocenters. The number of ether oxygens (including phenoxy) is 3. The van der Waals surface area contributed by atoms with Gasteiger partial charge < -0.3 is 14.2 Å². The van der Waals surface area contributed by atoms with Crippen molar-refractivity contribution in [3.63, 3.8) is 0 Å². The molecule has 1 saturated heterocycles. The van der Waals surface area contributed by atoms with Gasteiger partial charge in [-0.3, -0.25) is 9.80 Å². The first-order chi connectivity index (χ1) is 15.3. The third-order valence-electron chi connectivity index (χ3n) is 5.77. The Hall–Kier alpha value is -3.03. The molecule has 1 fully saturated rings. The Morgan fingerprint density at radius 2 is 1.64 bits per heavy atom. The molecular weight excluding hydrogens is 424 g/mol. The van der Waals surface area contributed by atoms with Crippen molar-refractivity contribution in [3.05, 3.63) is 42.5 Å². The zero-order chi connectivity index (χ0) is 24.8. The maximum Gasteiger partial charge on any atom is 0.416 e. The molecule has 2 aliphatic rings. The highest BCUT2D eigenvalue weighted by Gasteiger charge is 2.65. The van der Waals surface area contributed by atoms with Crippen molar-refractivity contribution in [2.24, 2.45) is 0 Å². The molecule has 0 saturated carbocycles. The average Bonchev–Trinajstić information content (AvgIpc) is 3.14. The second-order valence-corrected chi connectivity index (χ2v) is 10.5. The molecular formula is C25H34N2O6. The lowest BCUT2D eigenvalue weighted by Crippen LogP contribution is -2.57. The summed E-state index contributed by atoms with van der Waals surface area (Å²) in [6.45, 7) is 14.5. The van der Waals surface area contributed by atoms with Crippen LogP contribution in [0.25, 0.3) is 0 Å². The van der Waals surface area contributed by atoms with Crippen molar-refractivity contribution in [1.29, 1.82) is 0 Å². The number of hydrogen-bond donors (Lipinski definition) is 0. The highest BCUT2D eigenvalue weighted by atomic mass is 16.6. The van der Waals surface area contributed by atoms with E-state index in [9.17, 15) is 14.4 Å². The molecule has 2 amide bonds. The summed E-state index contributed by atoms with van der Waals surface area (Å²) in [5, 5.41) is 0. The van der Waals surface area contributed by atoms with Crippen LogP contribution < -0.4 is 4.90 Å². The molecule has 0 spiro atoms. The van der Waals surface area contributed by atoms with Crippen LogP contribution in [0.1, 0.15) is 59.9 Å². The lowest BCUT2D eigenvalue weighted by Gasteiger charge is -2.38. The number of amides is 2. The second-order valence-electron chi connectivity index (χ2n) is 10.5. The number of nitrogens with zero attached hydrogens (tertiary/aromatic N) is 2. The van der Waals surface area contributed by atoms with Gasteiger partial charge in [0.15, 0.2) is 0 Å². The first-order valence-corrected chi connectivity index (χ1v) is 11.1. The van der Waals surface area contributed by atoms with Crippen molar-refractivity contribution in [1.82, 2.24) is 4.90 Å². The molecule has 8 nitrogen and oxygen atoms in total. The van der Waals surface area contributed by atoms with Gasteiger partial charge in [-0.05, 0) is 66.0 Å². The topological polar surface area (TPSA) is 85.4 Å². The fourth-order valence-corrected chi connectivity index (χ4v) is 4.78. The minimum absolute atomic E-state index is 0.256. The number of para-hydroxylation sites is 1. The Kier molecular flexibility index (Phi) is 6.26. The maximum atomic E-state index is 13.5. The van der Waals surface area contributed by atoms with Gasteiger partial charge in [-0.25, -0.2) is 14.4 Å². The zero-order valence-corrected chi connectivity index (χ0v) is 20.5. The number of methoxy groups -OCH3 is 1. The molecule has 3 rings (SSSR count). The van der Waals surface area contributed by atoms with Gasteiger partial charge in [-0.1, -0.05) is 24.3 Å². The fraction of sp³-hybridized carbons (Fsp3) is 0.560. The molecule has 0 radical (unpaired) electrons. The zero-order valence-electron chi connectivity index (χ0n) is 20.5. The normalized spacial score (nSPS) is 24.1. The summed E-state index contributed by atoms with van der Waals surface area (Å²) in [7, 11) is 1.28. The van der Waals surface area contributed by atoms with E-state index in [-0.39, 0.29) is 6.42 Å². The van der Waals surface area contributed by atoms with Crippen LogP contribution in [0.4, 0.5) is 15.3 Å². The van der Waals surface area contributed by atoms with E-state index >= 15 is 0 Å². The van der Waals surface area contributed by atoms with Crippen molar-refractivity contribution in [2.45, 2.75) is 83.2 Å². The Morgan fingerprint density at radius 3 is 2.18 bits per heavy atom. The van der Waals surface area contributed by atoms with E-state index in [4.69, 9.17) is 14.2 Å². The number of hydrogen-bond acceptors (Lipinski definition) is 6. The predicted molar refractivity (Wildman–Crippen MR) is 124 cm³/mol.